The van der Waals surface area contributed by atoms with Crippen molar-refractivity contribution in [3.63, 3.8) is 0 Å². The molecular weight excluding hydrogens is 295 g/mol. The minimum absolute atomic E-state index is 0.271. The van der Waals surface area contributed by atoms with E-state index in [2.05, 4.69) is 6.58 Å². The summed E-state index contributed by atoms with van der Waals surface area (Å²) in [4.78, 5) is 0. The molecule has 122 valence electrons. The first-order valence-corrected chi connectivity index (χ1v) is 7.52. The summed E-state index contributed by atoms with van der Waals surface area (Å²) >= 11 is 0. The van der Waals surface area contributed by atoms with Gasteiger partial charge in [-0.25, -0.2) is 4.39 Å². The fraction of sp³-hybridized carbons (Fsp3) is 0.263. The van der Waals surface area contributed by atoms with Gasteiger partial charge in [0, 0.05) is 6.42 Å². The summed E-state index contributed by atoms with van der Waals surface area (Å²) in [5.41, 5.74) is 1.13. The van der Waals surface area contributed by atoms with Gasteiger partial charge in [-0.2, -0.15) is 0 Å². The number of halogens is 1. The molecule has 0 saturated carbocycles. The van der Waals surface area contributed by atoms with Gasteiger partial charge in [0.2, 0.25) is 0 Å². The van der Waals surface area contributed by atoms with Crippen LogP contribution in [0.2, 0.25) is 0 Å². The normalized spacial score (nSPS) is 10.2. The van der Waals surface area contributed by atoms with E-state index in [1.165, 1.54) is 12.1 Å². The van der Waals surface area contributed by atoms with Gasteiger partial charge in [0.05, 0.1) is 20.3 Å². The van der Waals surface area contributed by atoms with Crippen LogP contribution in [0, 0.1) is 5.82 Å². The number of ether oxygens (including phenoxy) is 3. The Morgan fingerprint density at radius 2 is 1.74 bits per heavy atom. The molecule has 0 atom stereocenters. The smallest absolute Gasteiger partial charge is 0.161 e. The molecule has 2 aromatic rings. The van der Waals surface area contributed by atoms with Gasteiger partial charge in [-0.05, 0) is 48.4 Å². The summed E-state index contributed by atoms with van der Waals surface area (Å²) in [5, 5.41) is 0. The van der Waals surface area contributed by atoms with Crippen LogP contribution >= 0.6 is 0 Å². The molecule has 4 heteroatoms. The number of allylic oxidation sites excluding steroid dienone is 1. The predicted octanol–water partition coefficient (Wildman–Crippen LogP) is 4.41. The van der Waals surface area contributed by atoms with E-state index >= 15 is 0 Å². The van der Waals surface area contributed by atoms with E-state index in [4.69, 9.17) is 14.2 Å². The monoisotopic (exact) mass is 316 g/mol. The quantitative estimate of drug-likeness (QED) is 0.506. The van der Waals surface area contributed by atoms with E-state index < -0.39 is 0 Å². The molecule has 2 aromatic carbocycles. The molecular formula is C19H21FO3. The summed E-state index contributed by atoms with van der Waals surface area (Å²) in [5.74, 6) is 1.80. The first-order chi connectivity index (χ1) is 11.2. The zero-order valence-electron chi connectivity index (χ0n) is 13.3. The van der Waals surface area contributed by atoms with Crippen LogP contribution in [-0.4, -0.2) is 20.3 Å². The lowest BCUT2D eigenvalue weighted by molar-refractivity contribution is 0.240. The number of benzene rings is 2. The van der Waals surface area contributed by atoms with E-state index in [0.29, 0.717) is 30.5 Å². The van der Waals surface area contributed by atoms with E-state index in [1.807, 2.05) is 24.3 Å². The second-order valence-corrected chi connectivity index (χ2v) is 4.98. The van der Waals surface area contributed by atoms with Crippen molar-refractivity contribution < 1.29 is 18.6 Å². The van der Waals surface area contributed by atoms with Gasteiger partial charge >= 0.3 is 0 Å². The molecule has 0 bridgehead atoms. The molecule has 0 saturated heterocycles. The Labute approximate surface area is 136 Å². The average Bonchev–Trinajstić information content (AvgIpc) is 2.57. The molecule has 0 radical (unpaired) electrons. The van der Waals surface area contributed by atoms with E-state index in [1.54, 1.807) is 19.2 Å². The van der Waals surface area contributed by atoms with Crippen molar-refractivity contribution >= 4 is 0 Å². The fourth-order valence-corrected chi connectivity index (χ4v) is 2.09. The molecule has 23 heavy (non-hydrogen) atoms. The van der Waals surface area contributed by atoms with Crippen molar-refractivity contribution in [2.75, 3.05) is 20.3 Å². The van der Waals surface area contributed by atoms with Gasteiger partial charge in [0.25, 0.3) is 0 Å². The topological polar surface area (TPSA) is 27.7 Å². The summed E-state index contributed by atoms with van der Waals surface area (Å²) in [7, 11) is 1.62. The fourth-order valence-electron chi connectivity index (χ4n) is 2.09. The van der Waals surface area contributed by atoms with Gasteiger partial charge in [0.1, 0.15) is 11.6 Å². The van der Waals surface area contributed by atoms with Crippen molar-refractivity contribution in [3.8, 4) is 17.2 Å². The van der Waals surface area contributed by atoms with Crippen LogP contribution in [0.3, 0.4) is 0 Å². The van der Waals surface area contributed by atoms with Crippen LogP contribution in [0.25, 0.3) is 0 Å². The van der Waals surface area contributed by atoms with Gasteiger partial charge < -0.3 is 14.2 Å². The van der Waals surface area contributed by atoms with Crippen LogP contribution in [0.15, 0.2) is 55.1 Å². The van der Waals surface area contributed by atoms with Crippen LogP contribution in [0.1, 0.15) is 12.0 Å². The molecule has 3 nitrogen and oxygen atoms in total. The molecule has 0 N–H and O–H groups in total. The summed E-state index contributed by atoms with van der Waals surface area (Å²) in [6, 6.07) is 11.8. The number of methoxy groups -OCH3 is 1. The second-order valence-electron chi connectivity index (χ2n) is 4.98. The van der Waals surface area contributed by atoms with Gasteiger partial charge in [-0.15, -0.1) is 6.58 Å². The third-order valence-electron chi connectivity index (χ3n) is 3.24. The first kappa shape index (κ1) is 16.9. The molecule has 0 heterocycles. The van der Waals surface area contributed by atoms with Crippen LogP contribution in [-0.2, 0) is 6.42 Å². The lowest BCUT2D eigenvalue weighted by Crippen LogP contribution is -2.05. The number of rotatable bonds is 9. The van der Waals surface area contributed by atoms with Crippen molar-refractivity contribution in [1.29, 1.82) is 0 Å². The standard InChI is InChI=1S/C19H21FO3/c1-3-5-15-6-11-18(19(14-15)21-2)23-13-4-12-22-17-9-7-16(20)8-10-17/h3,6-11,14H,1,4-5,12-13H2,2H3. The Morgan fingerprint density at radius 1 is 1.00 bits per heavy atom. The SMILES string of the molecule is C=CCc1ccc(OCCCOc2ccc(F)cc2)c(OC)c1. The second kappa shape index (κ2) is 8.83. The van der Waals surface area contributed by atoms with Gasteiger partial charge in [-0.1, -0.05) is 12.1 Å². The molecule has 0 spiro atoms. The zero-order valence-corrected chi connectivity index (χ0v) is 13.3. The number of hydrogen-bond donors (Lipinski definition) is 0. The maximum atomic E-state index is 12.8. The molecule has 0 aliphatic carbocycles. The van der Waals surface area contributed by atoms with Gasteiger partial charge in [0.15, 0.2) is 11.5 Å². The Morgan fingerprint density at radius 3 is 2.43 bits per heavy atom. The van der Waals surface area contributed by atoms with E-state index in [9.17, 15) is 4.39 Å². The minimum Gasteiger partial charge on any atom is -0.493 e. The summed E-state index contributed by atoms with van der Waals surface area (Å²) in [6.45, 7) is 4.74. The average molecular weight is 316 g/mol. The Kier molecular flexibility index (Phi) is 6.48. The Hall–Kier alpha value is -2.49. The van der Waals surface area contributed by atoms with Crippen LogP contribution in [0.5, 0.6) is 17.2 Å². The molecule has 0 aliphatic heterocycles. The van der Waals surface area contributed by atoms with Crippen molar-refractivity contribution in [1.82, 2.24) is 0 Å². The van der Waals surface area contributed by atoms with Gasteiger partial charge in [-0.3, -0.25) is 0 Å². The largest absolute Gasteiger partial charge is 0.493 e. The highest BCUT2D eigenvalue weighted by atomic mass is 19.1. The molecule has 0 amide bonds. The van der Waals surface area contributed by atoms with E-state index in [0.717, 1.165) is 18.4 Å². The molecule has 0 unspecified atom stereocenters. The highest BCUT2D eigenvalue weighted by Gasteiger charge is 2.05. The molecule has 0 aliphatic rings. The summed E-state index contributed by atoms with van der Waals surface area (Å²) in [6.07, 6.45) is 3.36. The van der Waals surface area contributed by atoms with Crippen LogP contribution < -0.4 is 14.2 Å². The molecule has 0 fully saturated rings. The maximum absolute atomic E-state index is 12.8. The minimum atomic E-state index is -0.271. The third-order valence-corrected chi connectivity index (χ3v) is 3.24. The Bertz CT molecular complexity index is 623. The highest BCUT2D eigenvalue weighted by Crippen LogP contribution is 2.28. The van der Waals surface area contributed by atoms with Crippen molar-refractivity contribution in [2.24, 2.45) is 0 Å². The maximum Gasteiger partial charge on any atom is 0.161 e. The molecule has 2 rings (SSSR count). The van der Waals surface area contributed by atoms with Crippen molar-refractivity contribution in [3.05, 3.63) is 66.5 Å². The highest BCUT2D eigenvalue weighted by molar-refractivity contribution is 5.43. The third kappa shape index (κ3) is 5.33. The Balaban J connectivity index is 1.77. The predicted molar refractivity (Wildman–Crippen MR) is 88.9 cm³/mol. The molecule has 0 aromatic heterocycles. The first-order valence-electron chi connectivity index (χ1n) is 7.52. The lowest BCUT2D eigenvalue weighted by atomic mass is 10.1. The zero-order chi connectivity index (χ0) is 16.5. The lowest BCUT2D eigenvalue weighted by Gasteiger charge is -2.12. The number of hydrogen-bond acceptors (Lipinski definition) is 3. The van der Waals surface area contributed by atoms with Crippen LogP contribution in [0.4, 0.5) is 4.39 Å². The summed E-state index contributed by atoms with van der Waals surface area (Å²) < 4.78 is 29.4. The van der Waals surface area contributed by atoms with E-state index in [-0.39, 0.29) is 5.82 Å². The van der Waals surface area contributed by atoms with Crippen molar-refractivity contribution in [2.45, 2.75) is 12.8 Å².